The number of hydrogen-bond donors (Lipinski definition) is 0. The molecule has 154 valence electrons. The van der Waals surface area contributed by atoms with Crippen molar-refractivity contribution in [3.63, 3.8) is 0 Å². The fourth-order valence-corrected chi connectivity index (χ4v) is 3.09. The molecular weight excluding hydrogens is 352 g/mol. The summed E-state index contributed by atoms with van der Waals surface area (Å²) in [5, 5.41) is 2.30. The van der Waals surface area contributed by atoms with Gasteiger partial charge in [0.15, 0.2) is 6.04 Å². The van der Waals surface area contributed by atoms with Crippen LogP contribution in [0.5, 0.6) is 0 Å². The molecule has 1 spiro atoms. The van der Waals surface area contributed by atoms with E-state index in [1.807, 2.05) is 0 Å². The zero-order chi connectivity index (χ0) is 20.6. The van der Waals surface area contributed by atoms with E-state index < -0.39 is 35.4 Å². The molecule has 8 heteroatoms. The smallest absolute Gasteiger partial charge is 0.430 e. The number of amides is 2. The van der Waals surface area contributed by atoms with Gasteiger partial charge >= 0.3 is 18.2 Å². The number of carbonyl (C=O) groups excluding carboxylic acids is 3. The molecule has 2 aliphatic rings. The summed E-state index contributed by atoms with van der Waals surface area (Å²) in [5.41, 5.74) is -1.68. The van der Waals surface area contributed by atoms with E-state index in [0.717, 1.165) is 17.9 Å². The van der Waals surface area contributed by atoms with E-state index in [1.54, 1.807) is 48.5 Å². The first-order chi connectivity index (χ1) is 12.3. The second-order valence-electron chi connectivity index (χ2n) is 9.33. The lowest BCUT2D eigenvalue weighted by Gasteiger charge is -2.45. The maximum atomic E-state index is 12.9. The van der Waals surface area contributed by atoms with Gasteiger partial charge < -0.3 is 14.2 Å². The van der Waals surface area contributed by atoms with Gasteiger partial charge in [-0.1, -0.05) is 0 Å². The number of esters is 1. The molecule has 2 fully saturated rings. The monoisotopic (exact) mass is 384 g/mol. The first kappa shape index (κ1) is 21.3. The SMILES string of the molecule is CCOC(=O)C1CC2(CC2)CN(C(=O)OC(C)(C)C)N1C(=O)OC(C)(C)C. The van der Waals surface area contributed by atoms with Gasteiger partial charge in [-0.15, -0.1) is 0 Å². The molecule has 2 rings (SSSR count). The molecule has 27 heavy (non-hydrogen) atoms. The summed E-state index contributed by atoms with van der Waals surface area (Å²) in [4.78, 5) is 38.3. The highest BCUT2D eigenvalue weighted by molar-refractivity contribution is 5.84. The van der Waals surface area contributed by atoms with Crippen LogP contribution in [0.25, 0.3) is 0 Å². The van der Waals surface area contributed by atoms with Crippen molar-refractivity contribution in [3.05, 3.63) is 0 Å². The molecule has 0 N–H and O–H groups in total. The number of ether oxygens (including phenoxy) is 3. The summed E-state index contributed by atoms with van der Waals surface area (Å²) in [5.74, 6) is -0.539. The molecule has 1 unspecified atom stereocenters. The van der Waals surface area contributed by atoms with Crippen LogP contribution in [0.3, 0.4) is 0 Å². The van der Waals surface area contributed by atoms with Crippen LogP contribution in [0.15, 0.2) is 0 Å². The predicted molar refractivity (Wildman–Crippen MR) is 97.7 cm³/mol. The lowest BCUT2D eigenvalue weighted by molar-refractivity contribution is -0.165. The molecule has 2 amide bonds. The van der Waals surface area contributed by atoms with E-state index in [9.17, 15) is 14.4 Å². The van der Waals surface area contributed by atoms with E-state index in [2.05, 4.69) is 0 Å². The maximum absolute atomic E-state index is 12.9. The van der Waals surface area contributed by atoms with Crippen LogP contribution < -0.4 is 0 Å². The summed E-state index contributed by atoms with van der Waals surface area (Å²) in [7, 11) is 0. The van der Waals surface area contributed by atoms with Crippen LogP contribution in [0.4, 0.5) is 9.59 Å². The normalized spacial score (nSPS) is 21.7. The highest BCUT2D eigenvalue weighted by Crippen LogP contribution is 2.53. The molecule has 1 heterocycles. The van der Waals surface area contributed by atoms with Crippen LogP contribution in [0.2, 0.25) is 0 Å². The molecule has 8 nitrogen and oxygen atoms in total. The number of carbonyl (C=O) groups is 3. The van der Waals surface area contributed by atoms with E-state index in [4.69, 9.17) is 14.2 Å². The minimum Gasteiger partial charge on any atom is -0.464 e. The van der Waals surface area contributed by atoms with Crippen molar-refractivity contribution in [1.82, 2.24) is 10.0 Å². The van der Waals surface area contributed by atoms with Gasteiger partial charge in [0, 0.05) is 0 Å². The molecule has 0 bridgehead atoms. The summed E-state index contributed by atoms with van der Waals surface area (Å²) < 4.78 is 16.1. The Morgan fingerprint density at radius 3 is 1.93 bits per heavy atom. The van der Waals surface area contributed by atoms with Gasteiger partial charge in [0.2, 0.25) is 0 Å². The van der Waals surface area contributed by atoms with Crippen molar-refractivity contribution in [2.75, 3.05) is 13.2 Å². The molecule has 1 atom stereocenters. The Morgan fingerprint density at radius 1 is 0.963 bits per heavy atom. The lowest BCUT2D eigenvalue weighted by atomic mass is 9.93. The molecule has 1 aliphatic carbocycles. The molecule has 0 aromatic rings. The average molecular weight is 384 g/mol. The molecule has 1 aliphatic heterocycles. The van der Waals surface area contributed by atoms with Gasteiger partial charge in [0.1, 0.15) is 11.2 Å². The Balaban J connectivity index is 2.37. The Hall–Kier alpha value is -1.99. The van der Waals surface area contributed by atoms with Gasteiger partial charge in [-0.05, 0) is 73.1 Å². The number of nitrogens with zero attached hydrogens (tertiary/aromatic N) is 2. The Kier molecular flexibility index (Phi) is 5.69. The van der Waals surface area contributed by atoms with Crippen molar-refractivity contribution in [2.45, 2.75) is 85.0 Å². The molecule has 0 radical (unpaired) electrons. The third-order valence-corrected chi connectivity index (χ3v) is 4.37. The predicted octanol–water partition coefficient (Wildman–Crippen LogP) is 3.49. The van der Waals surface area contributed by atoms with E-state index in [1.165, 1.54) is 5.01 Å². The molecule has 1 saturated heterocycles. The van der Waals surface area contributed by atoms with E-state index in [-0.39, 0.29) is 12.0 Å². The lowest BCUT2D eigenvalue weighted by Crippen LogP contribution is -2.64. The second kappa shape index (κ2) is 7.20. The van der Waals surface area contributed by atoms with Crippen molar-refractivity contribution >= 4 is 18.2 Å². The van der Waals surface area contributed by atoms with E-state index in [0.29, 0.717) is 13.0 Å². The molecular formula is C19H32N2O6. The fraction of sp³-hybridized carbons (Fsp3) is 0.842. The topological polar surface area (TPSA) is 85.4 Å². The van der Waals surface area contributed by atoms with Gasteiger partial charge in [0.25, 0.3) is 0 Å². The Bertz CT molecular complexity index is 600. The number of hydrazine groups is 1. The first-order valence-electron chi connectivity index (χ1n) is 9.46. The molecule has 0 aromatic heterocycles. The second-order valence-corrected chi connectivity index (χ2v) is 9.33. The Labute approximate surface area is 161 Å². The van der Waals surface area contributed by atoms with Gasteiger partial charge in [-0.25, -0.2) is 19.4 Å². The van der Waals surface area contributed by atoms with Crippen LogP contribution in [-0.2, 0) is 19.0 Å². The van der Waals surface area contributed by atoms with Crippen molar-refractivity contribution in [1.29, 1.82) is 0 Å². The number of hydrogen-bond acceptors (Lipinski definition) is 6. The average Bonchev–Trinajstić information content (AvgIpc) is 3.21. The first-order valence-corrected chi connectivity index (χ1v) is 9.46. The van der Waals surface area contributed by atoms with Gasteiger partial charge in [-0.3, -0.25) is 0 Å². The van der Waals surface area contributed by atoms with E-state index >= 15 is 0 Å². The van der Waals surface area contributed by atoms with Crippen LogP contribution in [-0.4, -0.2) is 58.6 Å². The third kappa shape index (κ3) is 5.49. The highest BCUT2D eigenvalue weighted by Gasteiger charge is 2.57. The van der Waals surface area contributed by atoms with Crippen LogP contribution >= 0.6 is 0 Å². The summed E-state index contributed by atoms with van der Waals surface area (Å²) in [6, 6.07) is -0.913. The standard InChI is InChI=1S/C19H32N2O6/c1-8-25-14(22)13-11-19(9-10-19)12-20(15(23)26-17(2,3)4)21(13)16(24)27-18(5,6)7/h13H,8-12H2,1-7H3. The maximum Gasteiger partial charge on any atom is 0.430 e. The molecule has 0 aromatic carbocycles. The summed E-state index contributed by atoms with van der Waals surface area (Å²) in [6.45, 7) is 12.7. The minimum atomic E-state index is -0.913. The van der Waals surface area contributed by atoms with Crippen molar-refractivity contribution in [3.8, 4) is 0 Å². The highest BCUT2D eigenvalue weighted by atomic mass is 16.6. The quantitative estimate of drug-likeness (QED) is 0.535. The number of rotatable bonds is 2. The summed E-state index contributed by atoms with van der Waals surface area (Å²) in [6.07, 6.45) is 0.801. The van der Waals surface area contributed by atoms with Crippen LogP contribution in [0, 0.1) is 5.41 Å². The molecule has 1 saturated carbocycles. The summed E-state index contributed by atoms with van der Waals surface area (Å²) >= 11 is 0. The van der Waals surface area contributed by atoms with Gasteiger partial charge in [0.05, 0.1) is 13.2 Å². The zero-order valence-corrected chi connectivity index (χ0v) is 17.5. The Morgan fingerprint density at radius 2 is 1.48 bits per heavy atom. The minimum absolute atomic E-state index is 0.174. The zero-order valence-electron chi connectivity index (χ0n) is 17.5. The van der Waals surface area contributed by atoms with Crippen molar-refractivity contribution < 1.29 is 28.6 Å². The fourth-order valence-electron chi connectivity index (χ4n) is 3.09. The van der Waals surface area contributed by atoms with Gasteiger partial charge in [-0.2, -0.15) is 5.01 Å². The van der Waals surface area contributed by atoms with Crippen LogP contribution in [0.1, 0.15) is 67.7 Å². The third-order valence-electron chi connectivity index (χ3n) is 4.37. The van der Waals surface area contributed by atoms with Crippen molar-refractivity contribution in [2.24, 2.45) is 5.41 Å². The largest absolute Gasteiger partial charge is 0.464 e.